The molecule has 0 atom stereocenters. The zero-order valence-corrected chi connectivity index (χ0v) is 10.1. The number of hydrogen-bond donors (Lipinski definition) is 1. The van der Waals surface area contributed by atoms with Gasteiger partial charge in [-0.25, -0.2) is 4.39 Å². The van der Waals surface area contributed by atoms with Crippen LogP contribution in [-0.4, -0.2) is 9.67 Å². The average Bonchev–Trinajstić information content (AvgIpc) is 2.73. The maximum atomic E-state index is 13.3. The van der Waals surface area contributed by atoms with Crippen molar-refractivity contribution in [2.24, 2.45) is 0 Å². The van der Waals surface area contributed by atoms with Gasteiger partial charge < -0.3 is 9.67 Å². The monoisotopic (exact) mass is 283 g/mol. The summed E-state index contributed by atoms with van der Waals surface area (Å²) in [4.78, 5) is 0. The summed E-state index contributed by atoms with van der Waals surface area (Å²) in [6.07, 6.45) is 3.71. The van der Waals surface area contributed by atoms with Crippen LogP contribution in [0.2, 0.25) is 0 Å². The third-order valence-corrected chi connectivity index (χ3v) is 3.27. The molecule has 0 saturated heterocycles. The van der Waals surface area contributed by atoms with Gasteiger partial charge in [-0.05, 0) is 39.2 Å². The van der Waals surface area contributed by atoms with Crippen LogP contribution in [0, 0.1) is 5.82 Å². The second-order valence-corrected chi connectivity index (χ2v) is 4.36. The lowest BCUT2D eigenvalue weighted by Gasteiger charge is -2.06. The summed E-state index contributed by atoms with van der Waals surface area (Å²) in [5, 5.41) is 8.93. The molecule has 0 aliphatic heterocycles. The molecule has 84 valence electrons. The Labute approximate surface area is 101 Å². The molecule has 0 amide bonds. The van der Waals surface area contributed by atoms with Gasteiger partial charge in [0.1, 0.15) is 5.82 Å². The Morgan fingerprint density at radius 3 is 2.81 bits per heavy atom. The van der Waals surface area contributed by atoms with Gasteiger partial charge in [0.25, 0.3) is 0 Å². The molecule has 0 aliphatic rings. The van der Waals surface area contributed by atoms with E-state index in [2.05, 4.69) is 15.9 Å². The summed E-state index contributed by atoms with van der Waals surface area (Å²) in [7, 11) is 0. The van der Waals surface area contributed by atoms with Crippen molar-refractivity contribution in [1.29, 1.82) is 0 Å². The molecular formula is C12H11BrFNO. The van der Waals surface area contributed by atoms with Crippen LogP contribution in [0.3, 0.4) is 0 Å². The van der Waals surface area contributed by atoms with Gasteiger partial charge in [0, 0.05) is 18.9 Å². The molecule has 16 heavy (non-hydrogen) atoms. The summed E-state index contributed by atoms with van der Waals surface area (Å²) in [5.74, 6) is -0.257. The van der Waals surface area contributed by atoms with Crippen LogP contribution >= 0.6 is 15.9 Å². The van der Waals surface area contributed by atoms with Gasteiger partial charge in [-0.3, -0.25) is 0 Å². The lowest BCUT2D eigenvalue weighted by Crippen LogP contribution is -1.98. The molecule has 0 unspecified atom stereocenters. The predicted octanol–water partition coefficient (Wildman–Crippen LogP) is 2.93. The Bertz CT molecular complexity index is 496. The van der Waals surface area contributed by atoms with E-state index in [9.17, 15) is 4.39 Å². The van der Waals surface area contributed by atoms with Gasteiger partial charge in [-0.15, -0.1) is 0 Å². The second kappa shape index (κ2) is 4.80. The van der Waals surface area contributed by atoms with E-state index in [1.54, 1.807) is 6.07 Å². The number of halogens is 2. The molecule has 0 saturated carbocycles. The first-order chi connectivity index (χ1) is 7.70. The molecule has 0 radical (unpaired) electrons. The van der Waals surface area contributed by atoms with Crippen molar-refractivity contribution in [3.63, 3.8) is 0 Å². The van der Waals surface area contributed by atoms with E-state index in [0.29, 0.717) is 11.0 Å². The Balaban J connectivity index is 2.23. The molecule has 2 rings (SSSR count). The summed E-state index contributed by atoms with van der Waals surface area (Å²) < 4.78 is 15.7. The lowest BCUT2D eigenvalue weighted by atomic mass is 10.2. The van der Waals surface area contributed by atoms with Crippen molar-refractivity contribution in [2.75, 3.05) is 0 Å². The predicted molar refractivity (Wildman–Crippen MR) is 63.6 cm³/mol. The molecule has 4 heteroatoms. The highest BCUT2D eigenvalue weighted by Crippen LogP contribution is 2.21. The van der Waals surface area contributed by atoms with E-state index in [0.717, 1.165) is 11.1 Å². The highest BCUT2D eigenvalue weighted by molar-refractivity contribution is 9.10. The summed E-state index contributed by atoms with van der Waals surface area (Å²) in [6, 6.07) is 6.81. The first-order valence-corrected chi connectivity index (χ1v) is 5.68. The number of aliphatic hydroxyl groups excluding tert-OH is 1. The Kier molecular flexibility index (Phi) is 3.41. The van der Waals surface area contributed by atoms with E-state index in [-0.39, 0.29) is 12.4 Å². The smallest absolute Gasteiger partial charge is 0.137 e. The van der Waals surface area contributed by atoms with Crippen molar-refractivity contribution in [1.82, 2.24) is 4.57 Å². The lowest BCUT2D eigenvalue weighted by molar-refractivity contribution is 0.282. The minimum atomic E-state index is -0.257. The van der Waals surface area contributed by atoms with E-state index < -0.39 is 0 Å². The molecule has 0 spiro atoms. The van der Waals surface area contributed by atoms with Crippen molar-refractivity contribution in [3.8, 4) is 0 Å². The Hall–Kier alpha value is -1.13. The van der Waals surface area contributed by atoms with Crippen molar-refractivity contribution in [3.05, 3.63) is 58.1 Å². The fourth-order valence-corrected chi connectivity index (χ4v) is 1.94. The Morgan fingerprint density at radius 1 is 1.31 bits per heavy atom. The van der Waals surface area contributed by atoms with Crippen molar-refractivity contribution >= 4 is 15.9 Å². The largest absolute Gasteiger partial charge is 0.392 e. The van der Waals surface area contributed by atoms with Gasteiger partial charge >= 0.3 is 0 Å². The normalized spacial score (nSPS) is 10.7. The fourth-order valence-electron chi connectivity index (χ4n) is 1.55. The average molecular weight is 284 g/mol. The Morgan fingerprint density at radius 2 is 2.12 bits per heavy atom. The molecule has 1 aromatic carbocycles. The van der Waals surface area contributed by atoms with E-state index in [1.807, 2.05) is 29.1 Å². The highest BCUT2D eigenvalue weighted by Gasteiger charge is 2.05. The minimum Gasteiger partial charge on any atom is -0.392 e. The SMILES string of the molecule is OCc1ccn(Cc2cccc(F)c2Br)c1. The summed E-state index contributed by atoms with van der Waals surface area (Å²) in [6.45, 7) is 0.607. The number of aliphatic hydroxyl groups is 1. The maximum absolute atomic E-state index is 13.3. The van der Waals surface area contributed by atoms with Crippen LogP contribution in [0.5, 0.6) is 0 Å². The van der Waals surface area contributed by atoms with Crippen LogP contribution in [0.4, 0.5) is 4.39 Å². The van der Waals surface area contributed by atoms with E-state index in [1.165, 1.54) is 6.07 Å². The van der Waals surface area contributed by atoms with Crippen molar-refractivity contribution < 1.29 is 9.50 Å². The molecule has 2 nitrogen and oxygen atoms in total. The molecule has 0 bridgehead atoms. The molecular weight excluding hydrogens is 273 g/mol. The molecule has 1 heterocycles. The standard InChI is InChI=1S/C12H11BrFNO/c13-12-10(2-1-3-11(12)14)7-15-5-4-9(6-15)8-16/h1-6,16H,7-8H2. The number of hydrogen-bond acceptors (Lipinski definition) is 1. The topological polar surface area (TPSA) is 25.2 Å². The number of nitrogens with zero attached hydrogens (tertiary/aromatic N) is 1. The maximum Gasteiger partial charge on any atom is 0.137 e. The van der Waals surface area contributed by atoms with Crippen LogP contribution in [0.15, 0.2) is 41.1 Å². The molecule has 2 aromatic rings. The van der Waals surface area contributed by atoms with Gasteiger partial charge in [0.2, 0.25) is 0 Å². The third-order valence-electron chi connectivity index (χ3n) is 2.38. The van der Waals surface area contributed by atoms with E-state index in [4.69, 9.17) is 5.11 Å². The third kappa shape index (κ3) is 2.33. The van der Waals surface area contributed by atoms with Gasteiger partial charge in [-0.2, -0.15) is 0 Å². The van der Waals surface area contributed by atoms with Crippen LogP contribution in [-0.2, 0) is 13.2 Å². The fraction of sp³-hybridized carbons (Fsp3) is 0.167. The van der Waals surface area contributed by atoms with Crippen molar-refractivity contribution in [2.45, 2.75) is 13.2 Å². The zero-order valence-electron chi connectivity index (χ0n) is 8.53. The minimum absolute atomic E-state index is 0.0251. The van der Waals surface area contributed by atoms with Gasteiger partial charge in [-0.1, -0.05) is 12.1 Å². The first-order valence-electron chi connectivity index (χ1n) is 4.89. The zero-order chi connectivity index (χ0) is 11.5. The van der Waals surface area contributed by atoms with Crippen LogP contribution in [0.25, 0.3) is 0 Å². The summed E-state index contributed by atoms with van der Waals surface area (Å²) >= 11 is 3.22. The summed E-state index contributed by atoms with van der Waals surface area (Å²) in [5.41, 5.74) is 1.73. The number of rotatable bonds is 3. The quantitative estimate of drug-likeness (QED) is 0.921. The van der Waals surface area contributed by atoms with Gasteiger partial charge in [0.05, 0.1) is 11.1 Å². The molecule has 0 aliphatic carbocycles. The van der Waals surface area contributed by atoms with E-state index >= 15 is 0 Å². The molecule has 1 N–H and O–H groups in total. The van der Waals surface area contributed by atoms with Crippen LogP contribution < -0.4 is 0 Å². The molecule has 1 aromatic heterocycles. The molecule has 0 fully saturated rings. The van der Waals surface area contributed by atoms with Crippen LogP contribution in [0.1, 0.15) is 11.1 Å². The number of benzene rings is 1. The highest BCUT2D eigenvalue weighted by atomic mass is 79.9. The first kappa shape index (κ1) is 11.4. The second-order valence-electron chi connectivity index (χ2n) is 3.56. The van der Waals surface area contributed by atoms with Gasteiger partial charge in [0.15, 0.2) is 0 Å². The number of aromatic nitrogens is 1.